The number of hydrogen-bond donors (Lipinski definition) is 3. The Labute approximate surface area is 187 Å². The highest BCUT2D eigenvalue weighted by Crippen LogP contribution is 2.69. The summed E-state index contributed by atoms with van der Waals surface area (Å²) >= 11 is 0. The van der Waals surface area contributed by atoms with Crippen LogP contribution in [0.2, 0.25) is 0 Å². The third-order valence-corrected chi connectivity index (χ3v) is 10.7. The maximum atomic E-state index is 12.0. The van der Waals surface area contributed by atoms with Crippen LogP contribution < -0.4 is 4.90 Å². The van der Waals surface area contributed by atoms with Crippen molar-refractivity contribution in [3.63, 3.8) is 0 Å². The van der Waals surface area contributed by atoms with Gasteiger partial charge in [0.05, 0.1) is 17.8 Å². The molecule has 4 nitrogen and oxygen atoms in total. The van der Waals surface area contributed by atoms with Gasteiger partial charge in [-0.05, 0) is 86.2 Å². The normalized spacial score (nSPS) is 49.1. The van der Waals surface area contributed by atoms with E-state index in [1.807, 2.05) is 0 Å². The van der Waals surface area contributed by atoms with Crippen molar-refractivity contribution < 1.29 is 15.3 Å². The summed E-state index contributed by atoms with van der Waals surface area (Å²) < 4.78 is 0. The number of rotatable bonds is 2. The first-order valence-corrected chi connectivity index (χ1v) is 12.5. The van der Waals surface area contributed by atoms with E-state index in [2.05, 4.69) is 57.1 Å². The van der Waals surface area contributed by atoms with Crippen LogP contribution in [0.1, 0.15) is 76.7 Å². The molecule has 31 heavy (non-hydrogen) atoms. The molecule has 4 aliphatic rings. The number of anilines is 1. The van der Waals surface area contributed by atoms with Crippen molar-refractivity contribution in [1.82, 2.24) is 0 Å². The van der Waals surface area contributed by atoms with Crippen LogP contribution >= 0.6 is 0 Å². The molecule has 1 unspecified atom stereocenters. The van der Waals surface area contributed by atoms with E-state index in [1.165, 1.54) is 11.3 Å². The third-order valence-electron chi connectivity index (χ3n) is 10.7. The zero-order valence-electron chi connectivity index (χ0n) is 19.7. The number of fused-ring (bicyclic) bond motifs is 5. The maximum Gasteiger partial charge on any atom is 0.0757 e. The third kappa shape index (κ3) is 2.83. The van der Waals surface area contributed by atoms with Crippen molar-refractivity contribution in [1.29, 1.82) is 0 Å². The number of nitrogens with zero attached hydrogens (tertiary/aromatic N) is 1. The molecule has 4 saturated carbocycles. The highest BCUT2D eigenvalue weighted by molar-refractivity contribution is 5.55. The molecule has 0 amide bonds. The van der Waals surface area contributed by atoms with Crippen LogP contribution in [0.5, 0.6) is 0 Å². The molecule has 4 aliphatic carbocycles. The summed E-state index contributed by atoms with van der Waals surface area (Å²) in [6.07, 6.45) is 6.72. The predicted molar refractivity (Wildman–Crippen MR) is 124 cm³/mol. The maximum absolute atomic E-state index is 12.0. The minimum Gasteiger partial charge on any atom is -0.392 e. The van der Waals surface area contributed by atoms with E-state index in [0.717, 1.165) is 51.4 Å². The highest BCUT2D eigenvalue weighted by Gasteiger charge is 2.68. The van der Waals surface area contributed by atoms with Crippen molar-refractivity contribution >= 4 is 5.69 Å². The molecule has 0 bridgehead atoms. The lowest BCUT2D eigenvalue weighted by atomic mass is 9.42. The lowest BCUT2D eigenvalue weighted by Gasteiger charge is -2.64. The Morgan fingerprint density at radius 3 is 2.29 bits per heavy atom. The number of para-hydroxylation sites is 1. The standard InChI is InChI=1S/C27H41NO3/c1-25-14-12-22(29)24(17-7-5-6-8-21(17)28(3)4)20(25)10-9-19-18(25)11-15-26(2)23(30)13-16-27(19,26)31/h5-8,18-20,22-24,29-31H,9-16H2,1-4H3/t18-,19+,20-,22-,23-,24?,25+,26+,27-/m0/s1. The molecule has 0 saturated heterocycles. The fourth-order valence-electron chi connectivity index (χ4n) is 8.89. The first kappa shape index (κ1) is 21.7. The van der Waals surface area contributed by atoms with Gasteiger partial charge in [-0.15, -0.1) is 0 Å². The molecule has 0 aromatic heterocycles. The summed E-state index contributed by atoms with van der Waals surface area (Å²) in [6.45, 7) is 4.60. The molecular formula is C27H41NO3. The van der Waals surface area contributed by atoms with E-state index in [1.54, 1.807) is 0 Å². The quantitative estimate of drug-likeness (QED) is 0.658. The van der Waals surface area contributed by atoms with Gasteiger partial charge in [0.15, 0.2) is 0 Å². The summed E-state index contributed by atoms with van der Waals surface area (Å²) in [6, 6.07) is 8.60. The second kappa shape index (κ2) is 7.20. The van der Waals surface area contributed by atoms with Gasteiger partial charge in [0.2, 0.25) is 0 Å². The van der Waals surface area contributed by atoms with Crippen LogP contribution in [0.4, 0.5) is 5.69 Å². The number of hydrogen-bond acceptors (Lipinski definition) is 4. The van der Waals surface area contributed by atoms with Gasteiger partial charge in [0.1, 0.15) is 0 Å². The lowest BCUT2D eigenvalue weighted by molar-refractivity contribution is -0.219. The molecule has 4 fully saturated rings. The Kier molecular flexibility index (Phi) is 5.05. The molecule has 4 heteroatoms. The second-order valence-corrected chi connectivity index (χ2v) is 11.9. The van der Waals surface area contributed by atoms with Crippen molar-refractivity contribution in [3.05, 3.63) is 29.8 Å². The lowest BCUT2D eigenvalue weighted by Crippen LogP contribution is -2.63. The SMILES string of the molecule is CN(C)c1ccccc1C1[C@@H](O)CC[C@@]2(C)[C@H]1CC[C@@H]1[C@@H]2CC[C@]2(C)[C@@H](O)CC[C@]12O. The van der Waals surface area contributed by atoms with Gasteiger partial charge in [-0.2, -0.15) is 0 Å². The van der Waals surface area contributed by atoms with Gasteiger partial charge in [0, 0.05) is 31.1 Å². The van der Waals surface area contributed by atoms with Crippen molar-refractivity contribution in [2.24, 2.45) is 28.6 Å². The van der Waals surface area contributed by atoms with Crippen LogP contribution in [-0.4, -0.2) is 47.2 Å². The molecular weight excluding hydrogens is 386 g/mol. The zero-order valence-corrected chi connectivity index (χ0v) is 19.7. The molecule has 1 aromatic rings. The van der Waals surface area contributed by atoms with E-state index in [9.17, 15) is 15.3 Å². The summed E-state index contributed by atoms with van der Waals surface area (Å²) in [5, 5.41) is 34.0. The fourth-order valence-corrected chi connectivity index (χ4v) is 8.89. The molecule has 5 rings (SSSR count). The monoisotopic (exact) mass is 427 g/mol. The molecule has 1 aromatic carbocycles. The van der Waals surface area contributed by atoms with Crippen molar-refractivity contribution in [2.45, 2.75) is 88.9 Å². The van der Waals surface area contributed by atoms with E-state index >= 15 is 0 Å². The van der Waals surface area contributed by atoms with Gasteiger partial charge in [-0.3, -0.25) is 0 Å². The summed E-state index contributed by atoms with van der Waals surface area (Å²) in [5.74, 6) is 1.31. The van der Waals surface area contributed by atoms with Gasteiger partial charge >= 0.3 is 0 Å². The summed E-state index contributed by atoms with van der Waals surface area (Å²) in [7, 11) is 4.18. The molecule has 0 spiro atoms. The highest BCUT2D eigenvalue weighted by atomic mass is 16.3. The summed E-state index contributed by atoms with van der Waals surface area (Å²) in [4.78, 5) is 2.17. The van der Waals surface area contributed by atoms with E-state index < -0.39 is 5.60 Å². The van der Waals surface area contributed by atoms with Crippen LogP contribution in [0.25, 0.3) is 0 Å². The van der Waals surface area contributed by atoms with Gasteiger partial charge in [0.25, 0.3) is 0 Å². The van der Waals surface area contributed by atoms with E-state index in [-0.39, 0.29) is 34.9 Å². The second-order valence-electron chi connectivity index (χ2n) is 11.9. The van der Waals surface area contributed by atoms with Crippen molar-refractivity contribution in [3.8, 4) is 0 Å². The van der Waals surface area contributed by atoms with E-state index in [0.29, 0.717) is 11.8 Å². The molecule has 0 aliphatic heterocycles. The first-order chi connectivity index (χ1) is 14.6. The fraction of sp³-hybridized carbons (Fsp3) is 0.778. The number of aliphatic hydroxyl groups is 3. The molecule has 172 valence electrons. The molecule has 0 heterocycles. The molecule has 3 N–H and O–H groups in total. The smallest absolute Gasteiger partial charge is 0.0757 e. The summed E-state index contributed by atoms with van der Waals surface area (Å²) in [5.41, 5.74) is 1.52. The number of benzene rings is 1. The Hall–Kier alpha value is -1.10. The largest absolute Gasteiger partial charge is 0.392 e. The van der Waals surface area contributed by atoms with Crippen LogP contribution in [0.15, 0.2) is 24.3 Å². The van der Waals surface area contributed by atoms with Crippen molar-refractivity contribution in [2.75, 3.05) is 19.0 Å². The van der Waals surface area contributed by atoms with Crippen LogP contribution in [0, 0.1) is 28.6 Å². The minimum absolute atomic E-state index is 0.122. The average molecular weight is 428 g/mol. The first-order valence-electron chi connectivity index (χ1n) is 12.5. The van der Waals surface area contributed by atoms with Crippen LogP contribution in [-0.2, 0) is 0 Å². The Bertz CT molecular complexity index is 842. The van der Waals surface area contributed by atoms with Crippen LogP contribution in [0.3, 0.4) is 0 Å². The number of aliphatic hydroxyl groups excluding tert-OH is 2. The predicted octanol–water partition coefficient (Wildman–Crippen LogP) is 4.33. The zero-order chi connectivity index (χ0) is 22.2. The Morgan fingerprint density at radius 1 is 0.839 bits per heavy atom. The Morgan fingerprint density at radius 2 is 1.55 bits per heavy atom. The average Bonchev–Trinajstić information content (AvgIpc) is 2.98. The topological polar surface area (TPSA) is 63.9 Å². The minimum atomic E-state index is -0.740. The molecule has 9 atom stereocenters. The van der Waals surface area contributed by atoms with E-state index in [4.69, 9.17) is 0 Å². The van der Waals surface area contributed by atoms with Gasteiger partial charge < -0.3 is 20.2 Å². The van der Waals surface area contributed by atoms with Gasteiger partial charge in [-0.1, -0.05) is 32.0 Å². The Balaban J connectivity index is 1.53. The van der Waals surface area contributed by atoms with Gasteiger partial charge in [-0.25, -0.2) is 0 Å². The molecule has 0 radical (unpaired) electrons.